The lowest BCUT2D eigenvalue weighted by molar-refractivity contribution is -0.125. The summed E-state index contributed by atoms with van der Waals surface area (Å²) in [6, 6.07) is 10.4. The van der Waals surface area contributed by atoms with Gasteiger partial charge in [0, 0.05) is 36.1 Å². The Morgan fingerprint density at radius 2 is 2.23 bits per heavy atom. The van der Waals surface area contributed by atoms with Crippen molar-refractivity contribution in [2.75, 3.05) is 12.3 Å². The Bertz CT molecular complexity index is 611. The number of amides is 1. The molecular weight excluding hydrogens is 294 g/mol. The fourth-order valence-corrected chi connectivity index (χ4v) is 3.61. The molecule has 1 aromatic carbocycles. The first-order chi connectivity index (χ1) is 10.8. The smallest absolute Gasteiger partial charge is 0.223 e. The van der Waals surface area contributed by atoms with Crippen LogP contribution in [0.25, 0.3) is 0 Å². The number of hydrogen-bond acceptors (Lipinski definition) is 3. The fourth-order valence-electron chi connectivity index (χ4n) is 2.79. The van der Waals surface area contributed by atoms with Crippen molar-refractivity contribution >= 4 is 17.7 Å². The Morgan fingerprint density at radius 1 is 1.36 bits per heavy atom. The maximum atomic E-state index is 12.2. The zero-order valence-corrected chi connectivity index (χ0v) is 13.4. The highest BCUT2D eigenvalue weighted by Gasteiger charge is 2.25. The van der Waals surface area contributed by atoms with Crippen LogP contribution >= 0.6 is 11.8 Å². The second-order valence-corrected chi connectivity index (χ2v) is 6.75. The van der Waals surface area contributed by atoms with Gasteiger partial charge in [-0.15, -0.1) is 0 Å². The fraction of sp³-hybridized carbons (Fsp3) is 0.412. The molecule has 1 aromatic heterocycles. The van der Waals surface area contributed by atoms with E-state index in [9.17, 15) is 4.79 Å². The molecule has 116 valence electrons. The van der Waals surface area contributed by atoms with E-state index in [0.717, 1.165) is 43.0 Å². The Morgan fingerprint density at radius 3 is 3.09 bits per heavy atom. The molecule has 1 aliphatic carbocycles. The minimum atomic E-state index is 0.0899. The summed E-state index contributed by atoms with van der Waals surface area (Å²) in [6.45, 7) is 0.739. The third-order valence-electron chi connectivity index (χ3n) is 4.05. The first-order valence-corrected chi connectivity index (χ1v) is 8.89. The van der Waals surface area contributed by atoms with Crippen molar-refractivity contribution in [1.29, 1.82) is 0 Å². The van der Waals surface area contributed by atoms with E-state index >= 15 is 0 Å². The highest BCUT2D eigenvalue weighted by molar-refractivity contribution is 7.98. The largest absolute Gasteiger partial charge is 0.355 e. The van der Waals surface area contributed by atoms with E-state index < -0.39 is 0 Å². The first kappa shape index (κ1) is 15.2. The molecule has 0 saturated heterocycles. The molecule has 3 rings (SSSR count). The van der Waals surface area contributed by atoms with E-state index in [-0.39, 0.29) is 11.8 Å². The molecule has 0 radical (unpaired) electrons. The molecule has 2 aromatic rings. The van der Waals surface area contributed by atoms with Crippen LogP contribution in [-0.2, 0) is 23.4 Å². The SMILES string of the molecule is O=C(NCCSCc1ccccc1)[C@H]1CCc2cn[nH]c2C1. The Balaban J connectivity index is 1.35. The lowest BCUT2D eigenvalue weighted by atomic mass is 9.87. The molecule has 2 N–H and O–H groups in total. The number of carbonyl (C=O) groups is 1. The minimum absolute atomic E-state index is 0.0899. The van der Waals surface area contributed by atoms with Gasteiger partial charge in [0.15, 0.2) is 0 Å². The summed E-state index contributed by atoms with van der Waals surface area (Å²) < 4.78 is 0. The van der Waals surface area contributed by atoms with Crippen LogP contribution in [0, 0.1) is 5.92 Å². The topological polar surface area (TPSA) is 57.8 Å². The van der Waals surface area contributed by atoms with Crippen LogP contribution < -0.4 is 5.32 Å². The number of fused-ring (bicyclic) bond motifs is 1. The van der Waals surface area contributed by atoms with Crippen molar-refractivity contribution < 1.29 is 4.79 Å². The summed E-state index contributed by atoms with van der Waals surface area (Å²) in [5, 5.41) is 10.1. The molecule has 22 heavy (non-hydrogen) atoms. The molecule has 0 saturated carbocycles. The summed E-state index contributed by atoms with van der Waals surface area (Å²) in [6.07, 6.45) is 4.55. The third kappa shape index (κ3) is 3.91. The highest BCUT2D eigenvalue weighted by atomic mass is 32.2. The molecule has 0 fully saturated rings. The van der Waals surface area contributed by atoms with Gasteiger partial charge in [0.2, 0.25) is 5.91 Å². The number of rotatable bonds is 6. The summed E-state index contributed by atoms with van der Waals surface area (Å²) in [5.74, 6) is 2.22. The zero-order chi connectivity index (χ0) is 15.2. The van der Waals surface area contributed by atoms with Gasteiger partial charge in [-0.25, -0.2) is 0 Å². The van der Waals surface area contributed by atoms with E-state index in [2.05, 4.69) is 39.8 Å². The van der Waals surface area contributed by atoms with Crippen molar-refractivity contribution in [2.24, 2.45) is 5.92 Å². The molecule has 1 atom stereocenters. The molecule has 5 heteroatoms. The predicted octanol–water partition coefficient (Wildman–Crippen LogP) is 2.56. The van der Waals surface area contributed by atoms with E-state index in [4.69, 9.17) is 0 Å². The predicted molar refractivity (Wildman–Crippen MR) is 89.7 cm³/mol. The summed E-state index contributed by atoms with van der Waals surface area (Å²) in [4.78, 5) is 12.2. The summed E-state index contributed by atoms with van der Waals surface area (Å²) in [5.41, 5.74) is 3.73. The number of aryl methyl sites for hydroxylation is 1. The number of aromatic amines is 1. The minimum Gasteiger partial charge on any atom is -0.355 e. The molecule has 1 amide bonds. The Hall–Kier alpha value is -1.75. The van der Waals surface area contributed by atoms with E-state index in [1.54, 1.807) is 0 Å². The van der Waals surface area contributed by atoms with Gasteiger partial charge in [0.1, 0.15) is 0 Å². The Labute approximate surface area is 135 Å². The molecule has 4 nitrogen and oxygen atoms in total. The van der Waals surface area contributed by atoms with Crippen LogP contribution in [0.5, 0.6) is 0 Å². The van der Waals surface area contributed by atoms with Crippen LogP contribution in [-0.4, -0.2) is 28.4 Å². The quantitative estimate of drug-likeness (QED) is 0.806. The van der Waals surface area contributed by atoms with Crippen LogP contribution in [0.1, 0.15) is 23.2 Å². The van der Waals surface area contributed by atoms with Gasteiger partial charge in [-0.1, -0.05) is 30.3 Å². The van der Waals surface area contributed by atoms with Gasteiger partial charge in [-0.2, -0.15) is 16.9 Å². The first-order valence-electron chi connectivity index (χ1n) is 7.73. The van der Waals surface area contributed by atoms with Crippen molar-refractivity contribution in [3.8, 4) is 0 Å². The van der Waals surface area contributed by atoms with Crippen LogP contribution in [0.3, 0.4) is 0 Å². The average Bonchev–Trinajstić information content (AvgIpc) is 3.03. The standard InChI is InChI=1S/C17H21N3OS/c21-17(14-6-7-15-11-19-20-16(15)10-14)18-8-9-22-12-13-4-2-1-3-5-13/h1-5,11,14H,6-10,12H2,(H,18,21)(H,19,20)/t14-/m0/s1. The maximum Gasteiger partial charge on any atom is 0.223 e. The molecule has 1 aliphatic rings. The van der Waals surface area contributed by atoms with Gasteiger partial charge < -0.3 is 5.32 Å². The number of H-pyrrole nitrogens is 1. The Kier molecular flexibility index (Phi) is 5.16. The number of benzene rings is 1. The summed E-state index contributed by atoms with van der Waals surface area (Å²) in [7, 11) is 0. The molecule has 0 spiro atoms. The van der Waals surface area contributed by atoms with Crippen LogP contribution in [0.4, 0.5) is 0 Å². The number of carbonyl (C=O) groups excluding carboxylic acids is 1. The lowest BCUT2D eigenvalue weighted by Crippen LogP contribution is -2.35. The van der Waals surface area contributed by atoms with Crippen LogP contribution in [0.2, 0.25) is 0 Å². The van der Waals surface area contributed by atoms with E-state index in [1.807, 2.05) is 24.0 Å². The van der Waals surface area contributed by atoms with Crippen molar-refractivity contribution in [3.63, 3.8) is 0 Å². The number of nitrogens with one attached hydrogen (secondary N) is 2. The van der Waals surface area contributed by atoms with Gasteiger partial charge in [-0.05, 0) is 24.0 Å². The number of aromatic nitrogens is 2. The maximum absolute atomic E-state index is 12.2. The number of nitrogens with zero attached hydrogens (tertiary/aromatic N) is 1. The molecule has 1 heterocycles. The molecule has 0 unspecified atom stereocenters. The van der Waals surface area contributed by atoms with Gasteiger partial charge in [0.05, 0.1) is 6.20 Å². The molecule has 0 aliphatic heterocycles. The van der Waals surface area contributed by atoms with E-state index in [0.29, 0.717) is 0 Å². The second kappa shape index (κ2) is 7.49. The zero-order valence-electron chi connectivity index (χ0n) is 12.5. The van der Waals surface area contributed by atoms with Gasteiger partial charge in [0.25, 0.3) is 0 Å². The van der Waals surface area contributed by atoms with Gasteiger partial charge in [-0.3, -0.25) is 9.89 Å². The average molecular weight is 315 g/mol. The lowest BCUT2D eigenvalue weighted by Gasteiger charge is -2.20. The monoisotopic (exact) mass is 315 g/mol. The third-order valence-corrected chi connectivity index (χ3v) is 5.08. The van der Waals surface area contributed by atoms with Crippen molar-refractivity contribution in [2.45, 2.75) is 25.0 Å². The van der Waals surface area contributed by atoms with Crippen molar-refractivity contribution in [1.82, 2.24) is 15.5 Å². The number of thioether (sulfide) groups is 1. The van der Waals surface area contributed by atoms with E-state index in [1.165, 1.54) is 11.1 Å². The number of hydrogen-bond donors (Lipinski definition) is 2. The normalized spacial score (nSPS) is 17.0. The summed E-state index contributed by atoms with van der Waals surface area (Å²) >= 11 is 1.85. The second-order valence-electron chi connectivity index (χ2n) is 5.64. The molecule has 0 bridgehead atoms. The highest BCUT2D eigenvalue weighted by Crippen LogP contribution is 2.23. The molecular formula is C17H21N3OS. The van der Waals surface area contributed by atoms with Gasteiger partial charge >= 0.3 is 0 Å². The van der Waals surface area contributed by atoms with Crippen LogP contribution in [0.15, 0.2) is 36.5 Å². The van der Waals surface area contributed by atoms with Crippen molar-refractivity contribution in [3.05, 3.63) is 53.3 Å².